The molecule has 0 saturated carbocycles. The zero-order valence-corrected chi connectivity index (χ0v) is 19.8. The van der Waals surface area contributed by atoms with E-state index in [2.05, 4.69) is 0 Å². The van der Waals surface area contributed by atoms with Crippen LogP contribution < -0.4 is 9.47 Å². The molecule has 0 spiro atoms. The summed E-state index contributed by atoms with van der Waals surface area (Å²) in [6, 6.07) is 4.92. The highest BCUT2D eigenvalue weighted by atomic mass is 16.7. The molecule has 11 nitrogen and oxygen atoms in total. The van der Waals surface area contributed by atoms with Crippen molar-refractivity contribution in [2.24, 2.45) is 0 Å². The van der Waals surface area contributed by atoms with E-state index in [-0.39, 0.29) is 33.9 Å². The van der Waals surface area contributed by atoms with Crippen molar-refractivity contribution < 1.29 is 54.4 Å². The Morgan fingerprint density at radius 3 is 2.31 bits per heavy atom. The number of rotatable bonds is 8. The molecule has 0 aliphatic carbocycles. The summed E-state index contributed by atoms with van der Waals surface area (Å²) in [5, 5.41) is 60.6. The van der Waals surface area contributed by atoms with Crippen LogP contribution in [0.3, 0.4) is 0 Å². The average Bonchev–Trinajstić information content (AvgIpc) is 2.85. The number of Topliss-reactive ketones (excluding diaryl/α,β-unsaturated/α-hetero) is 1. The summed E-state index contributed by atoms with van der Waals surface area (Å²) in [5.74, 6) is -2.62. The molecule has 6 N–H and O–H groups in total. The number of allylic oxidation sites excluding steroid dienone is 1. The molecule has 1 aliphatic rings. The quantitative estimate of drug-likeness (QED) is 0.279. The Bertz CT molecular complexity index is 1170. The fraction of sp³-hybridized carbons (Fsp3) is 0.360. The molecular formula is C25H28O11. The Kier molecular flexibility index (Phi) is 8.33. The van der Waals surface area contributed by atoms with E-state index in [1.807, 2.05) is 0 Å². The molecule has 194 valence electrons. The number of aliphatic hydroxyl groups is 4. The minimum Gasteiger partial charge on any atom is -0.507 e. The van der Waals surface area contributed by atoms with Crippen LogP contribution in [0.1, 0.15) is 45.7 Å². The van der Waals surface area contributed by atoms with Gasteiger partial charge in [-0.3, -0.25) is 9.59 Å². The van der Waals surface area contributed by atoms with Crippen molar-refractivity contribution in [1.82, 2.24) is 0 Å². The van der Waals surface area contributed by atoms with Crippen LogP contribution in [0.25, 0.3) is 6.08 Å². The SMILES string of the molecule is C/C=C/c1cc(C(C)=O)c(C(=O)c2ccc(O[C@@H]3O[C@H](CO)[C@@H](O)[C@H](O)[C@H]3O)c(OC)c2O)cc1O. The smallest absolute Gasteiger partial charge is 0.229 e. The monoisotopic (exact) mass is 504 g/mol. The zero-order chi connectivity index (χ0) is 26.7. The first kappa shape index (κ1) is 27.1. The molecule has 11 heteroatoms. The Hall–Kier alpha value is -3.48. The van der Waals surface area contributed by atoms with Crippen LogP contribution in [0.2, 0.25) is 0 Å². The number of ether oxygens (including phenoxy) is 3. The molecule has 3 rings (SSSR count). The molecule has 0 amide bonds. The molecule has 1 heterocycles. The predicted molar refractivity (Wildman–Crippen MR) is 125 cm³/mol. The van der Waals surface area contributed by atoms with Gasteiger partial charge in [0.1, 0.15) is 30.2 Å². The molecule has 0 aromatic heterocycles. The van der Waals surface area contributed by atoms with Gasteiger partial charge in [-0.25, -0.2) is 0 Å². The van der Waals surface area contributed by atoms with Crippen LogP contribution in [-0.2, 0) is 4.74 Å². The molecule has 2 aromatic carbocycles. The normalized spacial score (nSPS) is 24.0. The number of phenols is 2. The molecule has 1 saturated heterocycles. The number of carbonyl (C=O) groups is 2. The molecule has 0 radical (unpaired) electrons. The van der Waals surface area contributed by atoms with Gasteiger partial charge in [0.25, 0.3) is 0 Å². The molecular weight excluding hydrogens is 476 g/mol. The highest BCUT2D eigenvalue weighted by Gasteiger charge is 2.45. The Labute approximate surface area is 206 Å². The maximum absolute atomic E-state index is 13.3. The molecule has 1 fully saturated rings. The van der Waals surface area contributed by atoms with Gasteiger partial charge < -0.3 is 44.8 Å². The third-order valence-corrected chi connectivity index (χ3v) is 5.77. The number of phenolic OH excluding ortho intramolecular Hbond substituents is 2. The minimum absolute atomic E-state index is 0.0333. The van der Waals surface area contributed by atoms with Gasteiger partial charge in [-0.2, -0.15) is 0 Å². The second-order valence-electron chi connectivity index (χ2n) is 8.15. The Morgan fingerprint density at radius 2 is 1.72 bits per heavy atom. The molecule has 2 aromatic rings. The van der Waals surface area contributed by atoms with Crippen LogP contribution in [-0.4, -0.2) is 86.6 Å². The van der Waals surface area contributed by atoms with E-state index in [1.54, 1.807) is 19.1 Å². The summed E-state index contributed by atoms with van der Waals surface area (Å²) in [6.07, 6.45) is -4.55. The third kappa shape index (κ3) is 5.06. The first-order valence-electron chi connectivity index (χ1n) is 11.0. The van der Waals surface area contributed by atoms with Gasteiger partial charge >= 0.3 is 0 Å². The Morgan fingerprint density at radius 1 is 1.03 bits per heavy atom. The van der Waals surface area contributed by atoms with E-state index in [4.69, 9.17) is 14.2 Å². The van der Waals surface area contributed by atoms with Gasteiger partial charge in [-0.1, -0.05) is 12.2 Å². The summed E-state index contributed by atoms with van der Waals surface area (Å²) >= 11 is 0. The molecule has 36 heavy (non-hydrogen) atoms. The minimum atomic E-state index is -1.72. The van der Waals surface area contributed by atoms with E-state index in [0.29, 0.717) is 5.56 Å². The second-order valence-corrected chi connectivity index (χ2v) is 8.15. The maximum atomic E-state index is 13.3. The summed E-state index contributed by atoms with van der Waals surface area (Å²) < 4.78 is 16.0. The number of carbonyl (C=O) groups excluding carboxylic acids is 2. The van der Waals surface area contributed by atoms with Crippen LogP contribution in [0.15, 0.2) is 30.3 Å². The van der Waals surface area contributed by atoms with Gasteiger partial charge in [-0.15, -0.1) is 0 Å². The summed E-state index contributed by atoms with van der Waals surface area (Å²) in [6.45, 7) is 2.32. The topological polar surface area (TPSA) is 183 Å². The van der Waals surface area contributed by atoms with Crippen molar-refractivity contribution in [3.63, 3.8) is 0 Å². The van der Waals surface area contributed by atoms with Crippen LogP contribution in [0.5, 0.6) is 23.0 Å². The van der Waals surface area contributed by atoms with Crippen molar-refractivity contribution in [2.75, 3.05) is 13.7 Å². The third-order valence-electron chi connectivity index (χ3n) is 5.77. The number of methoxy groups -OCH3 is 1. The lowest BCUT2D eigenvalue weighted by molar-refractivity contribution is -0.277. The number of aliphatic hydroxyl groups excluding tert-OH is 4. The van der Waals surface area contributed by atoms with Gasteiger partial charge in [0.2, 0.25) is 12.0 Å². The van der Waals surface area contributed by atoms with Crippen molar-refractivity contribution >= 4 is 17.6 Å². The van der Waals surface area contributed by atoms with Crippen molar-refractivity contribution in [3.05, 3.63) is 52.6 Å². The number of hydrogen-bond acceptors (Lipinski definition) is 11. The van der Waals surface area contributed by atoms with E-state index >= 15 is 0 Å². The average molecular weight is 504 g/mol. The number of hydrogen-bond donors (Lipinski definition) is 6. The highest BCUT2D eigenvalue weighted by Crippen LogP contribution is 2.42. The summed E-state index contributed by atoms with van der Waals surface area (Å²) in [4.78, 5) is 25.5. The standard InChI is InChI=1S/C25H28O11/c1-4-5-12-8-14(11(2)27)15(9-16(12)28)19(29)13-6-7-17(24(34-3)20(13)30)35-25-23(33)22(32)21(31)18(10-26)36-25/h4-9,18,21-23,25-26,28,30-33H,10H2,1-3H3/b5-4+/t18-,21-,22+,23-,25-/m1/s1. The lowest BCUT2D eigenvalue weighted by atomic mass is 9.93. The first-order chi connectivity index (χ1) is 17.0. The molecule has 0 bridgehead atoms. The number of ketones is 2. The van der Waals surface area contributed by atoms with E-state index in [1.165, 1.54) is 32.2 Å². The van der Waals surface area contributed by atoms with Gasteiger partial charge in [0, 0.05) is 16.7 Å². The van der Waals surface area contributed by atoms with Crippen LogP contribution in [0.4, 0.5) is 0 Å². The largest absolute Gasteiger partial charge is 0.507 e. The first-order valence-corrected chi connectivity index (χ1v) is 11.0. The number of aromatic hydroxyl groups is 2. The predicted octanol–water partition coefficient (Wildman–Crippen LogP) is 0.752. The van der Waals surface area contributed by atoms with Gasteiger partial charge in [-0.05, 0) is 38.1 Å². The molecule has 5 atom stereocenters. The van der Waals surface area contributed by atoms with Gasteiger partial charge in [0.05, 0.1) is 19.3 Å². The lowest BCUT2D eigenvalue weighted by Crippen LogP contribution is -2.60. The fourth-order valence-electron chi connectivity index (χ4n) is 3.86. The van der Waals surface area contributed by atoms with Crippen molar-refractivity contribution in [1.29, 1.82) is 0 Å². The summed E-state index contributed by atoms with van der Waals surface area (Å²) in [5.41, 5.74) is -0.0443. The number of benzene rings is 2. The van der Waals surface area contributed by atoms with Crippen LogP contribution in [0, 0.1) is 0 Å². The summed E-state index contributed by atoms with van der Waals surface area (Å²) in [7, 11) is 1.18. The molecule has 0 unspecified atom stereocenters. The van der Waals surface area contributed by atoms with Gasteiger partial charge in [0.15, 0.2) is 23.1 Å². The van der Waals surface area contributed by atoms with E-state index in [0.717, 1.165) is 6.07 Å². The van der Waals surface area contributed by atoms with Crippen LogP contribution >= 0.6 is 0 Å². The maximum Gasteiger partial charge on any atom is 0.229 e. The van der Waals surface area contributed by atoms with Crippen molar-refractivity contribution in [2.45, 2.75) is 44.6 Å². The Balaban J connectivity index is 2.00. The second kappa shape index (κ2) is 11.1. The van der Waals surface area contributed by atoms with E-state index < -0.39 is 54.6 Å². The lowest BCUT2D eigenvalue weighted by Gasteiger charge is -2.39. The van der Waals surface area contributed by atoms with E-state index in [9.17, 15) is 40.2 Å². The highest BCUT2D eigenvalue weighted by molar-refractivity contribution is 6.17. The zero-order valence-electron chi connectivity index (χ0n) is 19.8. The van der Waals surface area contributed by atoms with Crippen molar-refractivity contribution in [3.8, 4) is 23.0 Å². The fourth-order valence-corrected chi connectivity index (χ4v) is 3.86. The molecule has 1 aliphatic heterocycles.